The van der Waals surface area contributed by atoms with E-state index in [1.54, 1.807) is 31.2 Å². The van der Waals surface area contributed by atoms with E-state index in [2.05, 4.69) is 10.2 Å². The molecule has 0 spiro atoms. The van der Waals surface area contributed by atoms with Gasteiger partial charge in [0, 0.05) is 22.7 Å². The smallest absolute Gasteiger partial charge is 0.268 e. The first-order valence-corrected chi connectivity index (χ1v) is 6.33. The maximum Gasteiger partial charge on any atom is 0.268 e. The van der Waals surface area contributed by atoms with Gasteiger partial charge in [0.2, 0.25) is 0 Å². The molecule has 2 aromatic rings. The van der Waals surface area contributed by atoms with Crippen LogP contribution >= 0.6 is 0 Å². The van der Waals surface area contributed by atoms with Crippen LogP contribution in [-0.2, 0) is 0 Å². The van der Waals surface area contributed by atoms with Crippen LogP contribution in [0.4, 0.5) is 0 Å². The molecule has 6 nitrogen and oxygen atoms in total. The zero-order valence-corrected chi connectivity index (χ0v) is 11.7. The summed E-state index contributed by atoms with van der Waals surface area (Å²) in [6, 6.07) is 11.0. The van der Waals surface area contributed by atoms with Gasteiger partial charge in [-0.1, -0.05) is 18.2 Å². The molecule has 0 aliphatic rings. The quantitative estimate of drug-likeness (QED) is 0.892. The van der Waals surface area contributed by atoms with E-state index in [0.29, 0.717) is 22.6 Å². The highest BCUT2D eigenvalue weighted by Gasteiger charge is 2.31. The Kier molecular flexibility index (Phi) is 4.10. The molecular formula is C15H14N4O2. The van der Waals surface area contributed by atoms with Crippen molar-refractivity contribution in [3.05, 3.63) is 51.4 Å². The predicted molar refractivity (Wildman–Crippen MR) is 75.7 cm³/mol. The molecule has 0 saturated heterocycles. The van der Waals surface area contributed by atoms with E-state index >= 15 is 0 Å². The summed E-state index contributed by atoms with van der Waals surface area (Å²) in [4.78, 5) is 12.0. The second-order valence-electron chi connectivity index (χ2n) is 4.57. The Hall–Kier alpha value is -2.99. The second kappa shape index (κ2) is 5.98. The molecule has 1 aromatic carbocycles. The number of para-hydroxylation sites is 1. The second-order valence-corrected chi connectivity index (χ2v) is 4.57. The zero-order chi connectivity index (χ0) is 15.4. The van der Waals surface area contributed by atoms with Gasteiger partial charge in [-0.05, 0) is 13.0 Å². The standard InChI is InChI=1S/C15H14N4O2/c1-9-13(15(20)19-18-9)14(10(7-16)8-17)11-5-3-4-6-12(11)21-2/h3-6,10,14H,1-2H3,(H2,18,19,20). The molecule has 2 rings (SSSR count). The van der Waals surface area contributed by atoms with Gasteiger partial charge in [-0.2, -0.15) is 10.5 Å². The number of nitrogens with one attached hydrogen (secondary N) is 2. The van der Waals surface area contributed by atoms with E-state index in [1.807, 2.05) is 12.1 Å². The SMILES string of the molecule is COc1ccccc1C(c1c(C)[nH][nH]c1=O)C(C#N)C#N. The third-order valence-corrected chi connectivity index (χ3v) is 3.41. The fraction of sp³-hybridized carbons (Fsp3) is 0.267. The lowest BCUT2D eigenvalue weighted by molar-refractivity contribution is 0.406. The van der Waals surface area contributed by atoms with Crippen molar-refractivity contribution < 1.29 is 4.74 Å². The van der Waals surface area contributed by atoms with Gasteiger partial charge in [0.05, 0.1) is 19.2 Å². The van der Waals surface area contributed by atoms with Gasteiger partial charge in [-0.3, -0.25) is 9.89 Å². The van der Waals surface area contributed by atoms with Crippen molar-refractivity contribution in [3.63, 3.8) is 0 Å². The zero-order valence-electron chi connectivity index (χ0n) is 11.7. The van der Waals surface area contributed by atoms with Crippen molar-refractivity contribution >= 4 is 0 Å². The molecule has 0 amide bonds. The summed E-state index contributed by atoms with van der Waals surface area (Å²) >= 11 is 0. The average molecular weight is 282 g/mol. The highest BCUT2D eigenvalue weighted by molar-refractivity contribution is 5.45. The number of aromatic nitrogens is 2. The lowest BCUT2D eigenvalue weighted by Crippen LogP contribution is -2.20. The molecule has 0 bridgehead atoms. The van der Waals surface area contributed by atoms with Crippen LogP contribution in [0.3, 0.4) is 0 Å². The fourth-order valence-corrected chi connectivity index (χ4v) is 2.43. The van der Waals surface area contributed by atoms with Crippen molar-refractivity contribution in [3.8, 4) is 17.9 Å². The van der Waals surface area contributed by atoms with Crippen LogP contribution in [0.1, 0.15) is 22.7 Å². The Morgan fingerprint density at radius 1 is 1.19 bits per heavy atom. The van der Waals surface area contributed by atoms with Gasteiger partial charge in [0.1, 0.15) is 11.7 Å². The summed E-state index contributed by atoms with van der Waals surface area (Å²) in [7, 11) is 1.51. The lowest BCUT2D eigenvalue weighted by atomic mass is 9.81. The molecule has 1 unspecified atom stereocenters. The van der Waals surface area contributed by atoms with Crippen molar-refractivity contribution in [1.82, 2.24) is 10.2 Å². The number of rotatable bonds is 4. The van der Waals surface area contributed by atoms with Crippen molar-refractivity contribution in [2.75, 3.05) is 7.11 Å². The monoisotopic (exact) mass is 282 g/mol. The molecule has 0 aliphatic carbocycles. The predicted octanol–water partition coefficient (Wildman–Crippen LogP) is 1.82. The summed E-state index contributed by atoms with van der Waals surface area (Å²) < 4.78 is 5.30. The van der Waals surface area contributed by atoms with Gasteiger partial charge in [-0.15, -0.1) is 0 Å². The molecule has 106 valence electrons. The summed E-state index contributed by atoms with van der Waals surface area (Å²) in [5.74, 6) is -1.12. The van der Waals surface area contributed by atoms with Crippen molar-refractivity contribution in [1.29, 1.82) is 10.5 Å². The van der Waals surface area contributed by atoms with E-state index in [-0.39, 0.29) is 5.56 Å². The lowest BCUT2D eigenvalue weighted by Gasteiger charge is -2.19. The first kappa shape index (κ1) is 14.4. The molecule has 6 heteroatoms. The minimum atomic E-state index is -0.989. The molecule has 1 aromatic heterocycles. The van der Waals surface area contributed by atoms with Crippen molar-refractivity contribution in [2.24, 2.45) is 5.92 Å². The third kappa shape index (κ3) is 2.52. The van der Waals surface area contributed by atoms with Crippen LogP contribution in [0.15, 0.2) is 29.1 Å². The number of hydrogen-bond acceptors (Lipinski definition) is 4. The average Bonchev–Trinajstić information content (AvgIpc) is 2.84. The molecule has 2 N–H and O–H groups in total. The summed E-state index contributed by atoms with van der Waals surface area (Å²) in [6.45, 7) is 1.72. The number of aryl methyl sites for hydroxylation is 1. The van der Waals surface area contributed by atoms with Crippen molar-refractivity contribution in [2.45, 2.75) is 12.8 Å². The number of H-pyrrole nitrogens is 2. The number of aromatic amines is 2. The first-order valence-electron chi connectivity index (χ1n) is 6.33. The van der Waals surface area contributed by atoms with E-state index in [9.17, 15) is 15.3 Å². The molecule has 1 heterocycles. The first-order chi connectivity index (χ1) is 10.1. The highest BCUT2D eigenvalue weighted by atomic mass is 16.5. The van der Waals surface area contributed by atoms with Gasteiger partial charge >= 0.3 is 0 Å². The number of ether oxygens (including phenoxy) is 1. The minimum absolute atomic E-state index is 0.334. The Morgan fingerprint density at radius 2 is 1.86 bits per heavy atom. The number of nitrogens with zero attached hydrogens (tertiary/aromatic N) is 2. The molecule has 1 atom stereocenters. The third-order valence-electron chi connectivity index (χ3n) is 3.41. The van der Waals surface area contributed by atoms with Gasteiger partial charge in [-0.25, -0.2) is 0 Å². The number of nitriles is 2. The van der Waals surface area contributed by atoms with Crippen LogP contribution in [0.5, 0.6) is 5.75 Å². The molecule has 0 fully saturated rings. The topological polar surface area (TPSA) is 105 Å². The summed E-state index contributed by atoms with van der Waals surface area (Å²) in [5.41, 5.74) is 1.29. The van der Waals surface area contributed by atoms with Crippen LogP contribution in [-0.4, -0.2) is 17.3 Å². The maximum atomic E-state index is 12.0. The van der Waals surface area contributed by atoms with E-state index < -0.39 is 11.8 Å². The summed E-state index contributed by atoms with van der Waals surface area (Å²) in [5, 5.41) is 23.8. The fourth-order valence-electron chi connectivity index (χ4n) is 2.43. The Bertz CT molecular complexity index is 762. The van der Waals surface area contributed by atoms with Crippen LogP contribution in [0.25, 0.3) is 0 Å². The normalized spacial score (nSPS) is 11.7. The van der Waals surface area contributed by atoms with Crippen LogP contribution in [0, 0.1) is 35.5 Å². The van der Waals surface area contributed by atoms with E-state index in [0.717, 1.165) is 0 Å². The summed E-state index contributed by atoms with van der Waals surface area (Å²) in [6.07, 6.45) is 0. The molecule has 0 radical (unpaired) electrons. The number of methoxy groups -OCH3 is 1. The molecule has 0 aliphatic heterocycles. The van der Waals surface area contributed by atoms with Gasteiger partial charge in [0.15, 0.2) is 0 Å². The minimum Gasteiger partial charge on any atom is -0.496 e. The Balaban J connectivity index is 2.72. The Morgan fingerprint density at radius 3 is 2.38 bits per heavy atom. The molecular weight excluding hydrogens is 268 g/mol. The molecule has 0 saturated carbocycles. The van der Waals surface area contributed by atoms with Gasteiger partial charge in [0.25, 0.3) is 5.56 Å². The number of benzene rings is 1. The largest absolute Gasteiger partial charge is 0.496 e. The number of hydrogen-bond donors (Lipinski definition) is 2. The van der Waals surface area contributed by atoms with Gasteiger partial charge < -0.3 is 9.84 Å². The van der Waals surface area contributed by atoms with Crippen LogP contribution < -0.4 is 10.3 Å². The van der Waals surface area contributed by atoms with E-state index in [1.165, 1.54) is 7.11 Å². The van der Waals surface area contributed by atoms with E-state index in [4.69, 9.17) is 4.74 Å². The molecule has 21 heavy (non-hydrogen) atoms. The highest BCUT2D eigenvalue weighted by Crippen LogP contribution is 2.36. The van der Waals surface area contributed by atoms with Crippen LogP contribution in [0.2, 0.25) is 0 Å². The maximum absolute atomic E-state index is 12.0. The Labute approximate surface area is 121 Å².